The first kappa shape index (κ1) is 24.2. The highest BCUT2D eigenvalue weighted by Crippen LogP contribution is 2.38. The first-order valence-electron chi connectivity index (χ1n) is 13.4. The fraction of sp³-hybridized carbons (Fsp3) is 0.235. The molecule has 0 aliphatic rings. The van der Waals surface area contributed by atoms with E-state index in [0.29, 0.717) is 17.7 Å². The number of hydrogen-bond acceptors (Lipinski definition) is 2. The molecule has 0 unspecified atom stereocenters. The molecule has 0 fully saturated rings. The lowest BCUT2D eigenvalue weighted by atomic mass is 9.92. The van der Waals surface area contributed by atoms with E-state index in [1.807, 2.05) is 30.3 Å². The molecule has 0 atom stereocenters. The van der Waals surface area contributed by atoms with E-state index in [4.69, 9.17) is 9.40 Å². The number of oxazole rings is 1. The number of rotatable bonds is 5. The number of fused-ring (bicyclic) bond motifs is 2. The van der Waals surface area contributed by atoms with Crippen LogP contribution >= 0.6 is 0 Å². The average molecular weight is 501 g/mol. The fourth-order valence-electron chi connectivity index (χ4n) is 5.64. The maximum Gasteiger partial charge on any atom is 0.295 e. The molecule has 6 aromatic rings. The van der Waals surface area contributed by atoms with Crippen LogP contribution in [-0.4, -0.2) is 9.55 Å². The van der Waals surface area contributed by atoms with E-state index in [1.165, 1.54) is 27.8 Å². The molecule has 2 aromatic heterocycles. The Morgan fingerprint density at radius 2 is 1.45 bits per heavy atom. The average Bonchev–Trinajstić information content (AvgIpc) is 3.46. The number of aryl methyl sites for hydroxylation is 2. The summed E-state index contributed by atoms with van der Waals surface area (Å²) in [6.45, 7) is 11.3. The van der Waals surface area contributed by atoms with E-state index in [9.17, 15) is 0 Å². The molecular formula is C34H34N3O+. The van der Waals surface area contributed by atoms with Crippen LogP contribution in [0.2, 0.25) is 0 Å². The summed E-state index contributed by atoms with van der Waals surface area (Å²) in [4.78, 5) is 4.82. The van der Waals surface area contributed by atoms with E-state index >= 15 is 0 Å². The predicted octanol–water partition coefficient (Wildman–Crippen LogP) is 8.49. The van der Waals surface area contributed by atoms with Crippen LogP contribution in [-0.2, 0) is 7.05 Å². The predicted molar refractivity (Wildman–Crippen MR) is 156 cm³/mol. The molecular weight excluding hydrogens is 466 g/mol. The highest BCUT2D eigenvalue weighted by molar-refractivity contribution is 5.86. The van der Waals surface area contributed by atoms with Gasteiger partial charge in [-0.05, 0) is 60.7 Å². The second-order valence-electron chi connectivity index (χ2n) is 10.8. The van der Waals surface area contributed by atoms with Crippen molar-refractivity contribution in [2.75, 3.05) is 0 Å². The van der Waals surface area contributed by atoms with Crippen molar-refractivity contribution in [1.29, 1.82) is 0 Å². The molecule has 4 heteroatoms. The smallest absolute Gasteiger partial charge is 0.295 e. The Labute approximate surface area is 224 Å². The summed E-state index contributed by atoms with van der Waals surface area (Å²) < 4.78 is 11.1. The zero-order chi connectivity index (χ0) is 26.6. The number of nitrogens with zero attached hydrogens (tertiary/aromatic N) is 3. The quantitative estimate of drug-likeness (QED) is 0.222. The maximum absolute atomic E-state index is 6.33. The van der Waals surface area contributed by atoms with Gasteiger partial charge in [0.15, 0.2) is 16.6 Å². The molecule has 0 saturated carbocycles. The molecule has 0 amide bonds. The summed E-state index contributed by atoms with van der Waals surface area (Å²) in [5.41, 5.74) is 11.3. The molecule has 0 radical (unpaired) electrons. The molecule has 4 nitrogen and oxygen atoms in total. The Morgan fingerprint density at radius 1 is 0.789 bits per heavy atom. The highest BCUT2D eigenvalue weighted by atomic mass is 16.3. The molecule has 0 bridgehead atoms. The Hall–Kier alpha value is -4.18. The summed E-state index contributed by atoms with van der Waals surface area (Å²) in [6.07, 6.45) is 0. The van der Waals surface area contributed by atoms with Gasteiger partial charge in [-0.1, -0.05) is 76.2 Å². The molecule has 190 valence electrons. The zero-order valence-electron chi connectivity index (χ0n) is 23.0. The van der Waals surface area contributed by atoms with Crippen LogP contribution in [0.5, 0.6) is 0 Å². The van der Waals surface area contributed by atoms with Crippen molar-refractivity contribution >= 4 is 22.1 Å². The first-order valence-corrected chi connectivity index (χ1v) is 13.4. The largest absolute Gasteiger partial charge is 0.436 e. The van der Waals surface area contributed by atoms with E-state index in [-0.39, 0.29) is 0 Å². The van der Waals surface area contributed by atoms with Gasteiger partial charge in [-0.15, -0.1) is 0 Å². The van der Waals surface area contributed by atoms with Gasteiger partial charge in [0.2, 0.25) is 5.89 Å². The summed E-state index contributed by atoms with van der Waals surface area (Å²) in [5, 5.41) is 0. The normalized spacial score (nSPS) is 11.9. The molecule has 2 heterocycles. The minimum absolute atomic E-state index is 0.384. The molecule has 38 heavy (non-hydrogen) atoms. The number of hydrogen-bond donors (Lipinski definition) is 0. The molecule has 6 rings (SSSR count). The number of aromatic nitrogens is 3. The van der Waals surface area contributed by atoms with Crippen LogP contribution in [0.25, 0.3) is 50.7 Å². The van der Waals surface area contributed by atoms with Crippen LogP contribution in [0.3, 0.4) is 0 Å². The maximum atomic E-state index is 6.33. The van der Waals surface area contributed by atoms with Crippen LogP contribution in [0.15, 0.2) is 89.3 Å². The van der Waals surface area contributed by atoms with Crippen molar-refractivity contribution < 1.29 is 8.98 Å². The lowest BCUT2D eigenvalue weighted by molar-refractivity contribution is -0.633. The minimum Gasteiger partial charge on any atom is -0.436 e. The van der Waals surface area contributed by atoms with Crippen molar-refractivity contribution in [2.24, 2.45) is 7.05 Å². The van der Waals surface area contributed by atoms with Gasteiger partial charge in [0.05, 0.1) is 12.6 Å². The third kappa shape index (κ3) is 3.83. The third-order valence-electron chi connectivity index (χ3n) is 7.58. The van der Waals surface area contributed by atoms with Gasteiger partial charge in [0, 0.05) is 16.7 Å². The molecule has 0 aliphatic heterocycles. The van der Waals surface area contributed by atoms with Crippen molar-refractivity contribution in [3.63, 3.8) is 0 Å². The van der Waals surface area contributed by atoms with Crippen LogP contribution in [0.4, 0.5) is 0 Å². The zero-order valence-corrected chi connectivity index (χ0v) is 23.0. The van der Waals surface area contributed by atoms with Crippen molar-refractivity contribution in [1.82, 2.24) is 9.55 Å². The second-order valence-corrected chi connectivity index (χ2v) is 10.8. The summed E-state index contributed by atoms with van der Waals surface area (Å²) in [6, 6.07) is 29.9. The van der Waals surface area contributed by atoms with E-state index in [2.05, 4.69) is 105 Å². The SMILES string of the molecule is Cc1cc2nc(-c3ccccc3)oc2cc1-c1n(-c2c(C(C)C)cccc2C(C)C)c2ccccc2[n+]1C. The van der Waals surface area contributed by atoms with Gasteiger partial charge in [0.25, 0.3) is 5.82 Å². The number of benzene rings is 4. The van der Waals surface area contributed by atoms with Gasteiger partial charge in [-0.3, -0.25) is 0 Å². The summed E-state index contributed by atoms with van der Waals surface area (Å²) in [7, 11) is 2.17. The monoisotopic (exact) mass is 500 g/mol. The minimum atomic E-state index is 0.384. The van der Waals surface area contributed by atoms with Crippen LogP contribution < -0.4 is 4.57 Å². The van der Waals surface area contributed by atoms with Gasteiger partial charge >= 0.3 is 0 Å². The number of para-hydroxylation sites is 3. The lowest BCUT2D eigenvalue weighted by Crippen LogP contribution is -2.30. The summed E-state index contributed by atoms with van der Waals surface area (Å²) in [5.74, 6) is 2.55. The second kappa shape index (κ2) is 9.29. The van der Waals surface area contributed by atoms with Crippen molar-refractivity contribution in [3.8, 4) is 28.5 Å². The Balaban J connectivity index is 1.69. The topological polar surface area (TPSA) is 34.8 Å². The standard InChI is InChI=1S/C34H34N3O/c1-21(2)25-15-12-16-26(22(3)4)32(25)37-30-18-11-10-17-29(30)36(6)34(37)27-20-31-28(19-23(27)5)35-33(38-31)24-13-8-7-9-14-24/h7-22H,1-6H3/q+1. The fourth-order valence-corrected chi connectivity index (χ4v) is 5.64. The Kier molecular flexibility index (Phi) is 5.91. The highest BCUT2D eigenvalue weighted by Gasteiger charge is 2.31. The molecule has 0 N–H and O–H groups in total. The lowest BCUT2D eigenvalue weighted by Gasteiger charge is -2.18. The van der Waals surface area contributed by atoms with E-state index in [0.717, 1.165) is 33.6 Å². The van der Waals surface area contributed by atoms with E-state index in [1.54, 1.807) is 0 Å². The van der Waals surface area contributed by atoms with Gasteiger partial charge < -0.3 is 4.42 Å². The molecule has 0 aliphatic carbocycles. The Morgan fingerprint density at radius 3 is 2.13 bits per heavy atom. The molecule has 4 aromatic carbocycles. The first-order chi connectivity index (χ1) is 18.3. The van der Waals surface area contributed by atoms with Gasteiger partial charge in [0.1, 0.15) is 11.2 Å². The van der Waals surface area contributed by atoms with Crippen molar-refractivity contribution in [2.45, 2.75) is 46.5 Å². The van der Waals surface area contributed by atoms with Crippen LogP contribution in [0, 0.1) is 6.92 Å². The van der Waals surface area contributed by atoms with E-state index < -0.39 is 0 Å². The van der Waals surface area contributed by atoms with Gasteiger partial charge in [-0.2, -0.15) is 4.57 Å². The molecule has 0 spiro atoms. The molecule has 0 saturated heterocycles. The van der Waals surface area contributed by atoms with Crippen LogP contribution in [0.1, 0.15) is 56.2 Å². The van der Waals surface area contributed by atoms with Gasteiger partial charge in [-0.25, -0.2) is 9.55 Å². The number of imidazole rings is 1. The van der Waals surface area contributed by atoms with Crippen molar-refractivity contribution in [3.05, 3.63) is 102 Å². The third-order valence-corrected chi connectivity index (χ3v) is 7.58. The Bertz CT molecular complexity index is 1760. The summed E-state index contributed by atoms with van der Waals surface area (Å²) >= 11 is 0.